The molecule has 6 nitrogen and oxygen atoms in total. The van der Waals surface area contributed by atoms with Crippen molar-refractivity contribution in [1.29, 1.82) is 0 Å². The van der Waals surface area contributed by atoms with Gasteiger partial charge in [-0.3, -0.25) is 9.97 Å². The second kappa shape index (κ2) is 5.79. The molecule has 0 spiro atoms. The average Bonchev–Trinajstić information content (AvgIpc) is 2.82. The van der Waals surface area contributed by atoms with Crippen molar-refractivity contribution in [3.63, 3.8) is 0 Å². The lowest BCUT2D eigenvalue weighted by atomic mass is 10.1. The summed E-state index contributed by atoms with van der Waals surface area (Å²) >= 11 is 0. The molecular weight excluding hydrogens is 384 g/mol. The Kier molecular flexibility index (Phi) is 3.06. The van der Waals surface area contributed by atoms with Crippen molar-refractivity contribution < 1.29 is 0 Å². The molecule has 4 heterocycles. The molecule has 0 aliphatic rings. The molecule has 0 radical (unpaired) electrons. The zero-order valence-electron chi connectivity index (χ0n) is 16.2. The molecule has 0 atom stereocenters. The molecule has 144 valence electrons. The maximum Gasteiger partial charge on any atom is 0.116 e. The van der Waals surface area contributed by atoms with Crippen LogP contribution >= 0.6 is 0 Å². The summed E-state index contributed by atoms with van der Waals surface area (Å²) in [6.45, 7) is 0. The van der Waals surface area contributed by atoms with Gasteiger partial charge in [-0.15, -0.1) is 0 Å². The summed E-state index contributed by atoms with van der Waals surface area (Å²) in [5, 5.41) is 3.93. The largest absolute Gasteiger partial charge is 0.399 e. The summed E-state index contributed by atoms with van der Waals surface area (Å²) in [6.07, 6.45) is 3.56. The van der Waals surface area contributed by atoms with E-state index in [9.17, 15) is 0 Å². The fourth-order valence-corrected chi connectivity index (χ4v) is 4.37. The summed E-state index contributed by atoms with van der Waals surface area (Å²) < 4.78 is 0. The van der Waals surface area contributed by atoms with Crippen LogP contribution in [-0.4, -0.2) is 24.9 Å². The van der Waals surface area contributed by atoms with Crippen molar-refractivity contribution in [1.82, 2.24) is 24.9 Å². The first kappa shape index (κ1) is 16.4. The van der Waals surface area contributed by atoms with E-state index in [1.165, 1.54) is 0 Å². The minimum atomic E-state index is 0.687. The Hall–Kier alpha value is -4.45. The summed E-state index contributed by atoms with van der Waals surface area (Å²) in [5.74, 6) is 0. The fourth-order valence-electron chi connectivity index (χ4n) is 4.37. The highest BCUT2D eigenvalue weighted by Gasteiger charge is 2.15. The van der Waals surface area contributed by atoms with Crippen LogP contribution < -0.4 is 5.73 Å². The quantitative estimate of drug-likeness (QED) is 0.215. The number of aromatic nitrogens is 5. The monoisotopic (exact) mass is 398 g/mol. The van der Waals surface area contributed by atoms with E-state index in [0.29, 0.717) is 5.69 Å². The SMILES string of the molecule is Nc1ccc2cc3ccc4nc5c6cccnc6c6ncccc6c5nc4c3nc2c1. The van der Waals surface area contributed by atoms with E-state index < -0.39 is 0 Å². The summed E-state index contributed by atoms with van der Waals surface area (Å²) in [5.41, 5.74) is 13.2. The van der Waals surface area contributed by atoms with Crippen LogP contribution in [0.3, 0.4) is 0 Å². The van der Waals surface area contributed by atoms with E-state index >= 15 is 0 Å². The average molecular weight is 398 g/mol. The van der Waals surface area contributed by atoms with Crippen LogP contribution in [0.5, 0.6) is 0 Å². The topological polar surface area (TPSA) is 90.5 Å². The third-order valence-corrected chi connectivity index (χ3v) is 5.79. The fraction of sp³-hybridized carbons (Fsp3) is 0. The number of pyridine rings is 3. The van der Waals surface area contributed by atoms with E-state index in [1.807, 2.05) is 54.6 Å². The van der Waals surface area contributed by atoms with E-state index in [2.05, 4.69) is 16.0 Å². The van der Waals surface area contributed by atoms with Crippen LogP contribution in [0.15, 0.2) is 73.1 Å². The van der Waals surface area contributed by atoms with E-state index in [4.69, 9.17) is 20.7 Å². The highest BCUT2D eigenvalue weighted by atomic mass is 14.9. The summed E-state index contributed by atoms with van der Waals surface area (Å²) in [6, 6.07) is 19.8. The van der Waals surface area contributed by atoms with E-state index in [-0.39, 0.29) is 0 Å². The number of anilines is 1. The molecule has 0 aliphatic heterocycles. The van der Waals surface area contributed by atoms with Crippen molar-refractivity contribution >= 4 is 71.4 Å². The maximum atomic E-state index is 5.99. The number of hydrogen-bond donors (Lipinski definition) is 1. The van der Waals surface area contributed by atoms with Crippen molar-refractivity contribution in [3.8, 4) is 0 Å². The molecule has 0 bridgehead atoms. The smallest absolute Gasteiger partial charge is 0.116 e. The van der Waals surface area contributed by atoms with Crippen molar-refractivity contribution in [3.05, 3.63) is 73.1 Å². The molecule has 0 saturated heterocycles. The van der Waals surface area contributed by atoms with Crippen LogP contribution in [0.4, 0.5) is 5.69 Å². The van der Waals surface area contributed by atoms with Gasteiger partial charge in [0.05, 0.1) is 38.6 Å². The molecule has 4 aromatic heterocycles. The number of hydrogen-bond acceptors (Lipinski definition) is 6. The van der Waals surface area contributed by atoms with Gasteiger partial charge in [-0.1, -0.05) is 12.1 Å². The Morgan fingerprint density at radius 1 is 0.516 bits per heavy atom. The van der Waals surface area contributed by atoms with Gasteiger partial charge in [-0.2, -0.15) is 0 Å². The third kappa shape index (κ3) is 2.24. The van der Waals surface area contributed by atoms with Gasteiger partial charge in [0.25, 0.3) is 0 Å². The minimum absolute atomic E-state index is 0.687. The zero-order valence-corrected chi connectivity index (χ0v) is 16.2. The molecule has 0 fully saturated rings. The number of rotatable bonds is 0. The highest BCUT2D eigenvalue weighted by molar-refractivity contribution is 6.22. The minimum Gasteiger partial charge on any atom is -0.399 e. The lowest BCUT2D eigenvalue weighted by Crippen LogP contribution is -1.95. The standard InChI is InChI=1S/C25H14N6/c26-15-7-5-13-11-14-6-8-18-25(20(14)30-19(13)12-15)31-24-17-4-2-10-28-22(17)21-16(23(24)29-18)3-1-9-27-21/h1-12H,26H2. The predicted octanol–water partition coefficient (Wildman–Crippen LogP) is 5.16. The van der Waals surface area contributed by atoms with Gasteiger partial charge >= 0.3 is 0 Å². The Labute approximate surface area is 175 Å². The van der Waals surface area contributed by atoms with E-state index in [1.54, 1.807) is 12.4 Å². The molecule has 7 rings (SSSR count). The second-order valence-corrected chi connectivity index (χ2v) is 7.67. The van der Waals surface area contributed by atoms with Gasteiger partial charge in [0.15, 0.2) is 0 Å². The molecule has 0 saturated carbocycles. The predicted molar refractivity (Wildman–Crippen MR) is 125 cm³/mol. The molecule has 6 heteroatoms. The van der Waals surface area contributed by atoms with Crippen molar-refractivity contribution in [2.45, 2.75) is 0 Å². The number of nitrogen functional groups attached to an aromatic ring is 1. The van der Waals surface area contributed by atoms with Crippen LogP contribution in [0.1, 0.15) is 0 Å². The van der Waals surface area contributed by atoms with Gasteiger partial charge in [0, 0.05) is 39.6 Å². The lowest BCUT2D eigenvalue weighted by molar-refractivity contribution is 1.36. The number of fused-ring (bicyclic) bond motifs is 10. The summed E-state index contributed by atoms with van der Waals surface area (Å²) in [4.78, 5) is 24.2. The van der Waals surface area contributed by atoms with Gasteiger partial charge in [0.1, 0.15) is 5.52 Å². The van der Waals surface area contributed by atoms with Gasteiger partial charge in [0.2, 0.25) is 0 Å². The Morgan fingerprint density at radius 2 is 1.19 bits per heavy atom. The molecule has 0 aliphatic carbocycles. The Bertz CT molecular complexity index is 1860. The van der Waals surface area contributed by atoms with Gasteiger partial charge in [-0.25, -0.2) is 15.0 Å². The van der Waals surface area contributed by atoms with Crippen LogP contribution in [0.25, 0.3) is 65.7 Å². The van der Waals surface area contributed by atoms with Crippen molar-refractivity contribution in [2.24, 2.45) is 0 Å². The Balaban J connectivity index is 1.72. The number of benzene rings is 3. The Morgan fingerprint density at radius 3 is 1.97 bits per heavy atom. The van der Waals surface area contributed by atoms with Crippen molar-refractivity contribution in [2.75, 3.05) is 5.73 Å². The molecule has 2 N–H and O–H groups in total. The summed E-state index contributed by atoms with van der Waals surface area (Å²) in [7, 11) is 0. The second-order valence-electron chi connectivity index (χ2n) is 7.67. The van der Waals surface area contributed by atoms with Crippen LogP contribution in [-0.2, 0) is 0 Å². The third-order valence-electron chi connectivity index (χ3n) is 5.79. The molecule has 7 aromatic rings. The molecule has 0 amide bonds. The molecule has 31 heavy (non-hydrogen) atoms. The number of nitrogens with two attached hydrogens (primary N) is 1. The van der Waals surface area contributed by atoms with Gasteiger partial charge < -0.3 is 5.73 Å². The lowest BCUT2D eigenvalue weighted by Gasteiger charge is -2.10. The normalized spacial score (nSPS) is 12.0. The first-order valence-electron chi connectivity index (χ1n) is 9.98. The van der Waals surface area contributed by atoms with Crippen LogP contribution in [0, 0.1) is 0 Å². The first-order chi connectivity index (χ1) is 15.3. The molecule has 3 aromatic carbocycles. The maximum absolute atomic E-state index is 5.99. The van der Waals surface area contributed by atoms with Gasteiger partial charge in [-0.05, 0) is 48.5 Å². The molecule has 0 unspecified atom stereocenters. The number of nitrogens with zero attached hydrogens (tertiary/aromatic N) is 5. The van der Waals surface area contributed by atoms with Crippen LogP contribution in [0.2, 0.25) is 0 Å². The first-order valence-corrected chi connectivity index (χ1v) is 9.98. The zero-order chi connectivity index (χ0) is 20.5. The van der Waals surface area contributed by atoms with E-state index in [0.717, 1.165) is 65.7 Å². The highest BCUT2D eigenvalue weighted by Crippen LogP contribution is 2.33. The molecular formula is C25H14N6.